The molecule has 1 unspecified atom stereocenters. The molecule has 500 valence electrons. The molecular formula is C75H112NO13P. The van der Waals surface area contributed by atoms with Gasteiger partial charge in [-0.2, -0.15) is 0 Å². The summed E-state index contributed by atoms with van der Waals surface area (Å²) in [5.41, 5.74) is 1.67. The van der Waals surface area contributed by atoms with E-state index < -0.39 is 74.9 Å². The Morgan fingerprint density at radius 1 is 0.489 bits per heavy atom. The second-order valence-electron chi connectivity index (χ2n) is 24.7. The first-order valence-electron chi connectivity index (χ1n) is 34.9. The highest BCUT2D eigenvalue weighted by atomic mass is 31.2. The largest absolute Gasteiger partial charge is 0.508 e. The summed E-state index contributed by atoms with van der Waals surface area (Å²) in [5, 5.41) is 15.8. The van der Waals surface area contributed by atoms with Gasteiger partial charge in [0.1, 0.15) is 37.6 Å². The zero-order valence-corrected chi connectivity index (χ0v) is 55.9. The summed E-state index contributed by atoms with van der Waals surface area (Å²) in [7, 11) is -4.21. The van der Waals surface area contributed by atoms with Crippen molar-refractivity contribution in [2.24, 2.45) is 0 Å². The molecule has 1 aliphatic rings. The minimum atomic E-state index is -4.21. The number of aliphatic hydroxyl groups is 1. The summed E-state index contributed by atoms with van der Waals surface area (Å²) in [4.78, 5) is 56.8. The molecule has 0 saturated carbocycles. The highest BCUT2D eigenvalue weighted by Gasteiger charge is 2.53. The molecule has 1 fully saturated rings. The number of hydrogen-bond donors (Lipinski definition) is 2. The third-order valence-corrected chi connectivity index (χ3v) is 19.5. The highest BCUT2D eigenvalue weighted by molar-refractivity contribution is 7.74. The number of ether oxygens (including phenoxy) is 6. The Labute approximate surface area is 540 Å². The second kappa shape index (κ2) is 46.7. The number of benzene rings is 4. The van der Waals surface area contributed by atoms with Crippen molar-refractivity contribution in [1.82, 2.24) is 5.32 Å². The molecular weight excluding hydrogens is 1150 g/mol. The van der Waals surface area contributed by atoms with Crippen LogP contribution < -0.4 is 15.9 Å². The van der Waals surface area contributed by atoms with Crippen LogP contribution in [0.3, 0.4) is 0 Å². The van der Waals surface area contributed by atoms with Crippen LogP contribution in [0.15, 0.2) is 121 Å². The van der Waals surface area contributed by atoms with Gasteiger partial charge in [-0.15, -0.1) is 0 Å². The van der Waals surface area contributed by atoms with E-state index >= 15 is 4.57 Å². The molecule has 14 nitrogen and oxygen atoms in total. The van der Waals surface area contributed by atoms with Crippen molar-refractivity contribution >= 4 is 42.0 Å². The van der Waals surface area contributed by atoms with Gasteiger partial charge in [0, 0.05) is 17.0 Å². The first-order chi connectivity index (χ1) is 44.0. The van der Waals surface area contributed by atoms with Gasteiger partial charge in [-0.05, 0) is 61.1 Å². The zero-order valence-electron chi connectivity index (χ0n) is 55.0. The maximum absolute atomic E-state index is 16.0. The lowest BCUT2D eigenvalue weighted by atomic mass is 9.96. The Hall–Kier alpha value is -5.37. The van der Waals surface area contributed by atoms with Crippen molar-refractivity contribution in [1.29, 1.82) is 0 Å². The first kappa shape index (κ1) is 75.4. The van der Waals surface area contributed by atoms with E-state index in [9.17, 15) is 24.3 Å². The van der Waals surface area contributed by atoms with E-state index in [0.717, 1.165) is 76.2 Å². The van der Waals surface area contributed by atoms with E-state index in [1.165, 1.54) is 103 Å². The fourth-order valence-corrected chi connectivity index (χ4v) is 14.0. The van der Waals surface area contributed by atoms with Gasteiger partial charge in [-0.25, -0.2) is 4.79 Å². The van der Waals surface area contributed by atoms with Crippen molar-refractivity contribution in [3.05, 3.63) is 132 Å². The van der Waals surface area contributed by atoms with Crippen molar-refractivity contribution in [3.63, 3.8) is 0 Å². The summed E-state index contributed by atoms with van der Waals surface area (Å²) in [5.74, 6) is -1.72. The number of unbranched alkanes of at least 4 members (excludes halogenated alkanes) is 26. The molecule has 15 heteroatoms. The number of carbonyl (C=O) groups is 4. The van der Waals surface area contributed by atoms with Gasteiger partial charge >= 0.3 is 18.1 Å². The maximum Gasteiger partial charge on any atom is 0.508 e. The molecule has 5 rings (SSSR count). The molecule has 0 aromatic heterocycles. The lowest BCUT2D eigenvalue weighted by molar-refractivity contribution is -0.254. The van der Waals surface area contributed by atoms with Crippen LogP contribution in [0.1, 0.15) is 250 Å². The van der Waals surface area contributed by atoms with E-state index in [0.29, 0.717) is 41.9 Å². The summed E-state index contributed by atoms with van der Waals surface area (Å²) >= 11 is 0. The monoisotopic (exact) mass is 1270 g/mol. The fraction of sp³-hybridized carbons (Fsp3) is 0.627. The van der Waals surface area contributed by atoms with E-state index in [1.807, 2.05) is 48.5 Å². The van der Waals surface area contributed by atoms with Gasteiger partial charge in [-0.3, -0.25) is 18.9 Å². The van der Waals surface area contributed by atoms with E-state index in [1.54, 1.807) is 72.8 Å². The molecule has 2 N–H and O–H groups in total. The molecule has 7 atom stereocenters. The quantitative estimate of drug-likeness (QED) is 0.0185. The molecule has 4 aromatic carbocycles. The van der Waals surface area contributed by atoms with Crippen LogP contribution in [0.5, 0.6) is 0 Å². The predicted molar refractivity (Wildman–Crippen MR) is 359 cm³/mol. The lowest BCUT2D eigenvalue weighted by Gasteiger charge is -2.45. The van der Waals surface area contributed by atoms with Gasteiger partial charge < -0.3 is 43.4 Å². The Morgan fingerprint density at radius 2 is 0.911 bits per heavy atom. The average molecular weight is 1270 g/mol. The number of rotatable bonds is 50. The topological polar surface area (TPSA) is 182 Å². The number of esters is 2. The second-order valence-corrected chi connectivity index (χ2v) is 27.0. The smallest absolute Gasteiger partial charge is 0.462 e. The molecule has 0 radical (unpaired) electrons. The van der Waals surface area contributed by atoms with Crippen LogP contribution in [-0.2, 0) is 65.1 Å². The van der Waals surface area contributed by atoms with Gasteiger partial charge in [0.25, 0.3) is 7.37 Å². The summed E-state index contributed by atoms with van der Waals surface area (Å²) in [6.07, 6.45) is 24.2. The van der Waals surface area contributed by atoms with Crippen molar-refractivity contribution < 1.29 is 61.8 Å². The summed E-state index contributed by atoms with van der Waals surface area (Å²) in [6, 6.07) is 34.5. The number of amides is 1. The maximum atomic E-state index is 16.0. The highest BCUT2D eigenvalue weighted by Crippen LogP contribution is 2.48. The van der Waals surface area contributed by atoms with E-state index in [4.69, 9.17) is 32.9 Å². The molecule has 0 bridgehead atoms. The Morgan fingerprint density at radius 3 is 1.39 bits per heavy atom. The third kappa shape index (κ3) is 30.8. The normalized spacial score (nSPS) is 17.3. The van der Waals surface area contributed by atoms with Gasteiger partial charge in [-0.1, -0.05) is 291 Å². The number of hydrogen-bond acceptors (Lipinski definition) is 13. The van der Waals surface area contributed by atoms with Crippen LogP contribution in [0.4, 0.5) is 4.79 Å². The van der Waals surface area contributed by atoms with Crippen LogP contribution in [0.2, 0.25) is 0 Å². The van der Waals surface area contributed by atoms with Crippen molar-refractivity contribution in [2.75, 3.05) is 6.61 Å². The van der Waals surface area contributed by atoms with Gasteiger partial charge in [0.05, 0.1) is 25.6 Å². The van der Waals surface area contributed by atoms with Crippen molar-refractivity contribution in [2.45, 2.75) is 295 Å². The Balaban J connectivity index is 1.44. The fourth-order valence-electron chi connectivity index (χ4n) is 11.7. The lowest BCUT2D eigenvalue weighted by Crippen LogP contribution is -2.66. The standard InChI is InChI=1S/C75H112NO13P/c1-4-7-10-13-16-19-20-23-26-29-44-55-69(78)86-64(50-39-28-25-22-18-15-12-9-6-3)57-70(79)88-73-71(76-68(77)56-63(83-58-61-45-34-30-35-46-61)49-38-27-24-21-17-14-11-8-5-2)74(80)87-67(60-85-75(81)84-59-62-47-36-31-37-48-62)72(73)89-90(82,65-51-40-32-41-52-65)66-53-42-33-43-54-66/h30-37,40-43,45-48,51-54,63-64,67,71-74,80H,4-29,38-39,44,49-50,55-60H2,1-3H3,(H,76,77)/t63-,64-,67-,71-,72-,73-,74?/m1/s1. The minimum absolute atomic E-state index is 0.0986. The Bertz CT molecular complexity index is 2500. The van der Waals surface area contributed by atoms with E-state index in [-0.39, 0.29) is 38.4 Å². The molecule has 1 heterocycles. The molecule has 1 amide bonds. The predicted octanol–water partition coefficient (Wildman–Crippen LogP) is 17.6. The van der Waals surface area contributed by atoms with E-state index in [2.05, 4.69) is 26.1 Å². The van der Waals surface area contributed by atoms with Crippen LogP contribution in [-0.4, -0.2) is 78.6 Å². The number of aliphatic hydroxyl groups excluding tert-OH is 1. The van der Waals surface area contributed by atoms with Crippen LogP contribution in [0.25, 0.3) is 0 Å². The first-order valence-corrected chi connectivity index (χ1v) is 36.6. The molecule has 1 saturated heterocycles. The molecule has 0 spiro atoms. The van der Waals surface area contributed by atoms with Gasteiger partial charge in [0.15, 0.2) is 12.4 Å². The summed E-state index contributed by atoms with van der Waals surface area (Å²) < 4.78 is 59.7. The number of carbonyl (C=O) groups excluding carboxylic acids is 4. The average Bonchev–Trinajstić information content (AvgIpc) is 0.853. The third-order valence-electron chi connectivity index (χ3n) is 17.0. The minimum Gasteiger partial charge on any atom is -0.462 e. The summed E-state index contributed by atoms with van der Waals surface area (Å²) in [6.45, 7) is 6.23. The molecule has 4 aromatic rings. The van der Waals surface area contributed by atoms with Crippen molar-refractivity contribution in [3.8, 4) is 0 Å². The SMILES string of the molecule is CCCCCCCCCCCCCC(=O)O[C@H](CCCCCCCCCCC)CC(=O)O[C@H]1[C@H](OP(=O)(c2ccccc2)c2ccccc2)[C@@H](COC(=O)OCc2ccccc2)OC(O)[C@@H]1NC(=O)C[C@@H](CCCCCCCCCCC)OCc1ccccc1. The zero-order chi connectivity index (χ0) is 64.1. The molecule has 0 aliphatic carbocycles. The molecule has 90 heavy (non-hydrogen) atoms. The number of nitrogens with one attached hydrogen (secondary N) is 1. The Kier molecular flexibility index (Phi) is 39.1. The van der Waals surface area contributed by atoms with Crippen LogP contribution >= 0.6 is 7.37 Å². The molecule has 1 aliphatic heterocycles. The van der Waals surface area contributed by atoms with Crippen LogP contribution in [0, 0.1) is 0 Å². The van der Waals surface area contributed by atoms with Gasteiger partial charge in [0.2, 0.25) is 5.91 Å².